The molecular formula is C14H19N5S. The molecule has 1 fully saturated rings. The van der Waals surface area contributed by atoms with E-state index in [1.807, 2.05) is 10.6 Å². The molecule has 1 aromatic heterocycles. The summed E-state index contributed by atoms with van der Waals surface area (Å²) >= 11 is 5.27. The minimum Gasteiger partial charge on any atom is -0.368 e. The van der Waals surface area contributed by atoms with E-state index in [2.05, 4.69) is 39.4 Å². The van der Waals surface area contributed by atoms with Crippen LogP contribution in [0.5, 0.6) is 0 Å². The Hall–Kier alpha value is -1.66. The zero-order valence-corrected chi connectivity index (χ0v) is 12.1. The van der Waals surface area contributed by atoms with Gasteiger partial charge in [0.1, 0.15) is 0 Å². The molecule has 1 saturated heterocycles. The van der Waals surface area contributed by atoms with Crippen LogP contribution < -0.4 is 5.73 Å². The maximum absolute atomic E-state index is 5.91. The highest BCUT2D eigenvalue weighted by Gasteiger charge is 2.23. The predicted molar refractivity (Wildman–Crippen MR) is 81.8 cm³/mol. The van der Waals surface area contributed by atoms with E-state index in [1.54, 1.807) is 0 Å². The van der Waals surface area contributed by atoms with Crippen molar-refractivity contribution in [2.75, 3.05) is 18.8 Å². The first-order valence-corrected chi connectivity index (χ1v) is 7.33. The molecule has 2 heterocycles. The van der Waals surface area contributed by atoms with Crippen molar-refractivity contribution < 1.29 is 0 Å². The van der Waals surface area contributed by atoms with Gasteiger partial charge in [-0.2, -0.15) is 0 Å². The Morgan fingerprint density at radius 1 is 1.35 bits per heavy atom. The van der Waals surface area contributed by atoms with Crippen molar-refractivity contribution in [3.05, 3.63) is 40.7 Å². The number of nitrogens with one attached hydrogen (secondary N) is 1. The van der Waals surface area contributed by atoms with Crippen LogP contribution in [-0.4, -0.2) is 32.8 Å². The van der Waals surface area contributed by atoms with Crippen LogP contribution >= 0.6 is 12.2 Å². The molecule has 2 aromatic rings. The number of hydrogen-bond acceptors (Lipinski definition) is 4. The Labute approximate surface area is 123 Å². The number of hydrogen-bond donors (Lipinski definition) is 2. The summed E-state index contributed by atoms with van der Waals surface area (Å²) in [5, 5.41) is 6.78. The van der Waals surface area contributed by atoms with Crippen molar-refractivity contribution in [3.8, 4) is 0 Å². The van der Waals surface area contributed by atoms with E-state index < -0.39 is 0 Å². The minimum absolute atomic E-state index is 0.318. The van der Waals surface area contributed by atoms with Gasteiger partial charge in [0.2, 0.25) is 5.95 Å². The lowest BCUT2D eigenvalue weighted by Gasteiger charge is -2.33. The summed E-state index contributed by atoms with van der Waals surface area (Å²) in [6, 6.07) is 10.9. The number of benzene rings is 1. The molecule has 0 amide bonds. The third-order valence-electron chi connectivity index (χ3n) is 3.83. The highest BCUT2D eigenvalue weighted by atomic mass is 32.1. The predicted octanol–water partition coefficient (Wildman–Crippen LogP) is 2.36. The van der Waals surface area contributed by atoms with Crippen molar-refractivity contribution in [2.24, 2.45) is 0 Å². The maximum atomic E-state index is 5.91. The molecule has 5 nitrogen and oxygen atoms in total. The minimum atomic E-state index is 0.318. The van der Waals surface area contributed by atoms with Crippen molar-refractivity contribution in [1.29, 1.82) is 0 Å². The summed E-state index contributed by atoms with van der Waals surface area (Å²) in [7, 11) is 0. The lowest BCUT2D eigenvalue weighted by atomic mass is 10.0. The zero-order valence-electron chi connectivity index (χ0n) is 11.3. The number of nitrogens with zero attached hydrogens (tertiary/aromatic N) is 3. The van der Waals surface area contributed by atoms with E-state index in [-0.39, 0.29) is 0 Å². The Balaban J connectivity index is 1.72. The second kappa shape index (κ2) is 5.76. The fourth-order valence-electron chi connectivity index (χ4n) is 2.90. The number of likely N-dealkylation sites (tertiary alicyclic amines) is 1. The van der Waals surface area contributed by atoms with Crippen LogP contribution in [0.3, 0.4) is 0 Å². The van der Waals surface area contributed by atoms with Gasteiger partial charge in [-0.15, -0.1) is 5.10 Å². The van der Waals surface area contributed by atoms with Gasteiger partial charge < -0.3 is 5.73 Å². The number of aromatic amines is 1. The molecule has 1 aliphatic heterocycles. The van der Waals surface area contributed by atoms with Crippen molar-refractivity contribution in [2.45, 2.75) is 25.4 Å². The molecule has 6 heteroatoms. The van der Waals surface area contributed by atoms with Gasteiger partial charge in [0.05, 0.1) is 6.04 Å². The average molecular weight is 289 g/mol. The van der Waals surface area contributed by atoms with Crippen molar-refractivity contribution in [3.63, 3.8) is 0 Å². The molecule has 3 rings (SSSR count). The van der Waals surface area contributed by atoms with Crippen LogP contribution in [0.25, 0.3) is 0 Å². The van der Waals surface area contributed by atoms with Gasteiger partial charge in [0.15, 0.2) is 4.77 Å². The topological polar surface area (TPSA) is 62.9 Å². The van der Waals surface area contributed by atoms with Gasteiger partial charge >= 0.3 is 0 Å². The van der Waals surface area contributed by atoms with E-state index in [9.17, 15) is 0 Å². The third-order valence-corrected chi connectivity index (χ3v) is 4.11. The van der Waals surface area contributed by atoms with E-state index in [0.717, 1.165) is 32.5 Å². The number of nitrogen functional groups attached to an aromatic ring is 1. The van der Waals surface area contributed by atoms with Crippen molar-refractivity contribution >= 4 is 18.2 Å². The molecule has 20 heavy (non-hydrogen) atoms. The smallest absolute Gasteiger partial charge is 0.220 e. The summed E-state index contributed by atoms with van der Waals surface area (Å²) in [4.78, 5) is 2.46. The lowest BCUT2D eigenvalue weighted by molar-refractivity contribution is 0.170. The van der Waals surface area contributed by atoms with Crippen LogP contribution in [0.15, 0.2) is 30.3 Å². The molecule has 1 unspecified atom stereocenters. The van der Waals surface area contributed by atoms with Crippen LogP contribution in [0.4, 0.5) is 5.95 Å². The molecular weight excluding hydrogens is 270 g/mol. The summed E-state index contributed by atoms with van der Waals surface area (Å²) < 4.78 is 2.57. The average Bonchev–Trinajstić information content (AvgIpc) is 2.80. The van der Waals surface area contributed by atoms with Gasteiger partial charge in [-0.1, -0.05) is 30.3 Å². The molecule has 0 bridgehead atoms. The first-order chi connectivity index (χ1) is 9.74. The Bertz CT molecular complexity index is 618. The highest BCUT2D eigenvalue weighted by molar-refractivity contribution is 7.71. The summed E-state index contributed by atoms with van der Waals surface area (Å²) in [5.41, 5.74) is 7.25. The Kier molecular flexibility index (Phi) is 3.84. The van der Waals surface area contributed by atoms with Crippen LogP contribution in [0.2, 0.25) is 0 Å². The number of nitrogens with two attached hydrogens (primary N) is 1. The van der Waals surface area contributed by atoms with Gasteiger partial charge in [-0.05, 0) is 37.2 Å². The first kappa shape index (κ1) is 13.3. The van der Waals surface area contributed by atoms with E-state index in [0.29, 0.717) is 16.8 Å². The number of H-pyrrole nitrogens is 1. The fraction of sp³-hybridized carbons (Fsp3) is 0.429. The normalized spacial score (nSPS) is 20.1. The highest BCUT2D eigenvalue weighted by Crippen LogP contribution is 2.24. The summed E-state index contributed by atoms with van der Waals surface area (Å²) in [5.74, 6) is 0.488. The summed E-state index contributed by atoms with van der Waals surface area (Å²) in [6.45, 7) is 3.06. The molecule has 1 aromatic carbocycles. The molecule has 0 spiro atoms. The van der Waals surface area contributed by atoms with Crippen LogP contribution in [0.1, 0.15) is 24.4 Å². The lowest BCUT2D eigenvalue weighted by Crippen LogP contribution is -2.36. The van der Waals surface area contributed by atoms with Gasteiger partial charge in [-0.3, -0.25) is 9.47 Å². The van der Waals surface area contributed by atoms with Gasteiger partial charge in [0, 0.05) is 13.1 Å². The monoisotopic (exact) mass is 289 g/mol. The maximum Gasteiger partial charge on any atom is 0.220 e. The number of aromatic nitrogens is 3. The SMILES string of the molecule is Nc1n[nH]c(=S)n1C1CCCN(Cc2ccccc2)C1. The largest absolute Gasteiger partial charge is 0.368 e. The van der Waals surface area contributed by atoms with Crippen molar-refractivity contribution in [1.82, 2.24) is 19.7 Å². The van der Waals surface area contributed by atoms with Crippen LogP contribution in [0, 0.1) is 4.77 Å². The molecule has 0 aliphatic carbocycles. The number of rotatable bonds is 3. The molecule has 1 aliphatic rings. The summed E-state index contributed by atoms with van der Waals surface area (Å²) in [6.07, 6.45) is 2.26. The zero-order chi connectivity index (χ0) is 13.9. The second-order valence-electron chi connectivity index (χ2n) is 5.27. The molecule has 0 saturated carbocycles. The first-order valence-electron chi connectivity index (χ1n) is 6.92. The van der Waals surface area contributed by atoms with Crippen LogP contribution in [-0.2, 0) is 6.54 Å². The molecule has 106 valence electrons. The Morgan fingerprint density at radius 2 is 2.15 bits per heavy atom. The molecule has 0 radical (unpaired) electrons. The third kappa shape index (κ3) is 2.76. The van der Waals surface area contributed by atoms with Gasteiger partial charge in [-0.25, -0.2) is 5.10 Å². The molecule has 1 atom stereocenters. The van der Waals surface area contributed by atoms with E-state index in [4.69, 9.17) is 18.0 Å². The van der Waals surface area contributed by atoms with E-state index >= 15 is 0 Å². The Morgan fingerprint density at radius 3 is 2.85 bits per heavy atom. The standard InChI is InChI=1S/C14H19N5S/c15-13-16-17-14(20)19(13)12-7-4-8-18(10-12)9-11-5-2-1-3-6-11/h1-3,5-6,12H,4,7-10H2,(H2,15,16)(H,17,20). The fourth-order valence-corrected chi connectivity index (χ4v) is 3.19. The number of anilines is 1. The number of piperidine rings is 1. The quantitative estimate of drug-likeness (QED) is 0.852. The van der Waals surface area contributed by atoms with Gasteiger partial charge in [0.25, 0.3) is 0 Å². The molecule has 3 N–H and O–H groups in total. The van der Waals surface area contributed by atoms with E-state index in [1.165, 1.54) is 5.56 Å². The second-order valence-corrected chi connectivity index (χ2v) is 5.66.